The van der Waals surface area contributed by atoms with Crippen LogP contribution in [0.5, 0.6) is 0 Å². The molecule has 1 aromatic rings. The molecular weight excluding hydrogens is 205 g/mol. The molecule has 0 saturated carbocycles. The Bertz CT molecular complexity index is 488. The van der Waals surface area contributed by atoms with E-state index in [1.165, 1.54) is 12.1 Å². The van der Waals surface area contributed by atoms with Crippen LogP contribution in [-0.2, 0) is 9.84 Å². The van der Waals surface area contributed by atoms with Gasteiger partial charge in [-0.2, -0.15) is 0 Å². The lowest BCUT2D eigenvalue weighted by Gasteiger charge is -2.00. The largest absolute Gasteiger partial charge is 0.316 e. The van der Waals surface area contributed by atoms with E-state index in [1.54, 1.807) is 6.92 Å². The van der Waals surface area contributed by atoms with Gasteiger partial charge in [-0.3, -0.25) is 4.85 Å². The molecule has 0 aliphatic rings. The quantitative estimate of drug-likeness (QED) is 0.702. The van der Waals surface area contributed by atoms with Crippen molar-refractivity contribution in [1.29, 1.82) is 0 Å². The van der Waals surface area contributed by atoms with Crippen LogP contribution in [0.4, 0.5) is 4.39 Å². The van der Waals surface area contributed by atoms with Gasteiger partial charge >= 0.3 is 5.88 Å². The second-order valence-corrected chi connectivity index (χ2v) is 4.76. The van der Waals surface area contributed by atoms with E-state index < -0.39 is 26.4 Å². The molecule has 1 aromatic carbocycles. The highest BCUT2D eigenvalue weighted by Gasteiger charge is 2.21. The van der Waals surface area contributed by atoms with E-state index in [2.05, 4.69) is 4.85 Å². The SMILES string of the molecule is [C-]#[N+]CS(=O)(=O)c1ccc(C)cc1F. The average molecular weight is 213 g/mol. The second-order valence-electron chi connectivity index (χ2n) is 2.84. The molecule has 0 aromatic heterocycles. The summed E-state index contributed by atoms with van der Waals surface area (Å²) >= 11 is 0. The number of halogens is 1. The van der Waals surface area contributed by atoms with Crippen molar-refractivity contribution in [1.82, 2.24) is 0 Å². The van der Waals surface area contributed by atoms with E-state index in [0.717, 1.165) is 6.07 Å². The molecule has 0 saturated heterocycles. The van der Waals surface area contributed by atoms with Crippen LogP contribution >= 0.6 is 0 Å². The molecule has 0 N–H and O–H groups in total. The average Bonchev–Trinajstić information content (AvgIpc) is 2.02. The van der Waals surface area contributed by atoms with Crippen molar-refractivity contribution in [3.05, 3.63) is 41.0 Å². The molecule has 0 amide bonds. The van der Waals surface area contributed by atoms with Crippen LogP contribution in [0.3, 0.4) is 0 Å². The van der Waals surface area contributed by atoms with Crippen LogP contribution in [0, 0.1) is 19.3 Å². The van der Waals surface area contributed by atoms with E-state index >= 15 is 0 Å². The Balaban J connectivity index is 3.29. The Morgan fingerprint density at radius 3 is 2.64 bits per heavy atom. The van der Waals surface area contributed by atoms with Crippen LogP contribution < -0.4 is 0 Å². The van der Waals surface area contributed by atoms with Gasteiger partial charge in [-0.1, -0.05) is 6.07 Å². The van der Waals surface area contributed by atoms with Gasteiger partial charge in [0.2, 0.25) is 0 Å². The van der Waals surface area contributed by atoms with E-state index in [1.807, 2.05) is 0 Å². The Labute approximate surface area is 81.9 Å². The van der Waals surface area contributed by atoms with Gasteiger partial charge in [0.05, 0.1) is 0 Å². The molecule has 0 aliphatic carbocycles. The molecule has 0 aliphatic heterocycles. The number of benzene rings is 1. The van der Waals surface area contributed by atoms with Gasteiger partial charge in [0, 0.05) is 0 Å². The molecule has 14 heavy (non-hydrogen) atoms. The Morgan fingerprint density at radius 2 is 2.14 bits per heavy atom. The van der Waals surface area contributed by atoms with Gasteiger partial charge < -0.3 is 0 Å². The zero-order valence-electron chi connectivity index (χ0n) is 7.49. The summed E-state index contributed by atoms with van der Waals surface area (Å²) in [7, 11) is -3.79. The summed E-state index contributed by atoms with van der Waals surface area (Å²) in [4.78, 5) is 2.34. The summed E-state index contributed by atoms with van der Waals surface area (Å²) < 4.78 is 35.8. The highest BCUT2D eigenvalue weighted by Crippen LogP contribution is 2.17. The first-order valence-electron chi connectivity index (χ1n) is 3.79. The number of rotatable bonds is 2. The lowest BCUT2D eigenvalue weighted by atomic mass is 10.2. The summed E-state index contributed by atoms with van der Waals surface area (Å²) in [6.45, 7) is 8.10. The number of nitrogens with zero attached hydrogens (tertiary/aromatic N) is 1. The van der Waals surface area contributed by atoms with Crippen LogP contribution in [0.1, 0.15) is 5.56 Å². The third-order valence-electron chi connectivity index (χ3n) is 1.66. The molecule has 1 rings (SSSR count). The molecule has 0 atom stereocenters. The number of aryl methyl sites for hydroxylation is 1. The third-order valence-corrected chi connectivity index (χ3v) is 3.13. The van der Waals surface area contributed by atoms with E-state index in [9.17, 15) is 12.8 Å². The zero-order chi connectivity index (χ0) is 10.8. The summed E-state index contributed by atoms with van der Waals surface area (Å²) in [5.41, 5.74) is 0.643. The molecule has 0 fully saturated rings. The minimum absolute atomic E-state index is 0.404. The van der Waals surface area contributed by atoms with Gasteiger partial charge in [-0.15, -0.1) is 0 Å². The summed E-state index contributed by atoms with van der Waals surface area (Å²) in [5.74, 6) is -1.51. The molecule has 0 spiro atoms. The normalized spacial score (nSPS) is 10.9. The topological polar surface area (TPSA) is 38.5 Å². The highest BCUT2D eigenvalue weighted by atomic mass is 32.2. The summed E-state index contributed by atoms with van der Waals surface area (Å²) in [5, 5.41) is 0. The first-order valence-corrected chi connectivity index (χ1v) is 5.45. The number of hydrogen-bond acceptors (Lipinski definition) is 2. The minimum Gasteiger partial charge on any atom is -0.299 e. The van der Waals surface area contributed by atoms with Crippen molar-refractivity contribution in [3.63, 3.8) is 0 Å². The van der Waals surface area contributed by atoms with Crippen molar-refractivity contribution in [2.75, 3.05) is 5.88 Å². The van der Waals surface area contributed by atoms with Crippen molar-refractivity contribution in [2.45, 2.75) is 11.8 Å². The van der Waals surface area contributed by atoms with Crippen molar-refractivity contribution in [3.8, 4) is 0 Å². The van der Waals surface area contributed by atoms with Crippen molar-refractivity contribution >= 4 is 9.84 Å². The maximum Gasteiger partial charge on any atom is 0.316 e. The predicted molar refractivity (Wildman–Crippen MR) is 49.8 cm³/mol. The molecule has 0 radical (unpaired) electrons. The van der Waals surface area contributed by atoms with Crippen LogP contribution in [-0.4, -0.2) is 14.3 Å². The van der Waals surface area contributed by atoms with Gasteiger partial charge in [-0.25, -0.2) is 19.4 Å². The lowest BCUT2D eigenvalue weighted by molar-refractivity contribution is 0.568. The summed E-state index contributed by atoms with van der Waals surface area (Å²) in [6.07, 6.45) is 0. The maximum atomic E-state index is 13.2. The van der Waals surface area contributed by atoms with Crippen LogP contribution in [0.2, 0.25) is 0 Å². The van der Waals surface area contributed by atoms with Crippen LogP contribution in [0.25, 0.3) is 4.85 Å². The van der Waals surface area contributed by atoms with E-state index in [4.69, 9.17) is 6.57 Å². The minimum atomic E-state index is -3.79. The summed E-state index contributed by atoms with van der Waals surface area (Å²) in [6, 6.07) is 3.82. The molecule has 0 unspecified atom stereocenters. The number of sulfone groups is 1. The smallest absolute Gasteiger partial charge is 0.299 e. The first kappa shape index (κ1) is 10.7. The van der Waals surface area contributed by atoms with E-state index in [0.29, 0.717) is 5.56 Å². The van der Waals surface area contributed by atoms with Gasteiger partial charge in [-0.05, 0) is 24.6 Å². The fourth-order valence-electron chi connectivity index (χ4n) is 1.01. The standard InChI is InChI=1S/C9H8FNO2S/c1-7-3-4-9(8(10)5-7)14(12,13)6-11-2/h3-5H,6H2,1H3. The van der Waals surface area contributed by atoms with Gasteiger partial charge in [0.1, 0.15) is 10.7 Å². The highest BCUT2D eigenvalue weighted by molar-refractivity contribution is 7.91. The van der Waals surface area contributed by atoms with Crippen molar-refractivity contribution in [2.24, 2.45) is 0 Å². The Morgan fingerprint density at radius 1 is 1.50 bits per heavy atom. The molecule has 0 heterocycles. The number of hydrogen-bond donors (Lipinski definition) is 0. The molecule has 0 bridgehead atoms. The van der Waals surface area contributed by atoms with Gasteiger partial charge in [0.25, 0.3) is 9.84 Å². The van der Waals surface area contributed by atoms with Crippen molar-refractivity contribution < 1.29 is 12.8 Å². The monoisotopic (exact) mass is 213 g/mol. The Hall–Kier alpha value is -1.41. The van der Waals surface area contributed by atoms with Crippen LogP contribution in [0.15, 0.2) is 23.1 Å². The van der Waals surface area contributed by atoms with E-state index in [-0.39, 0.29) is 0 Å². The lowest BCUT2D eigenvalue weighted by Crippen LogP contribution is -2.06. The molecule has 74 valence electrons. The predicted octanol–water partition coefficient (Wildman–Crippen LogP) is 1.78. The zero-order valence-corrected chi connectivity index (χ0v) is 8.31. The fourth-order valence-corrected chi connectivity index (χ4v) is 1.95. The second kappa shape index (κ2) is 3.76. The molecular formula is C9H8FNO2S. The fraction of sp³-hybridized carbons (Fsp3) is 0.222. The Kier molecular flexibility index (Phi) is 2.87. The molecule has 5 heteroatoms. The first-order chi connectivity index (χ1) is 6.47. The van der Waals surface area contributed by atoms with Gasteiger partial charge in [0.15, 0.2) is 0 Å². The third kappa shape index (κ3) is 2.09. The maximum absolute atomic E-state index is 13.2. The molecule has 3 nitrogen and oxygen atoms in total.